The third kappa shape index (κ3) is 3.96. The van der Waals surface area contributed by atoms with Gasteiger partial charge in [0.25, 0.3) is 0 Å². The molecular formula is C17H21ClN2O3. The van der Waals surface area contributed by atoms with E-state index in [1.54, 1.807) is 0 Å². The fourth-order valence-electron chi connectivity index (χ4n) is 3.19. The van der Waals surface area contributed by atoms with Gasteiger partial charge in [-0.05, 0) is 18.6 Å². The summed E-state index contributed by atoms with van der Waals surface area (Å²) in [5.74, 6) is -0.0317. The monoisotopic (exact) mass is 336 g/mol. The van der Waals surface area contributed by atoms with Gasteiger partial charge in [-0.25, -0.2) is 0 Å². The smallest absolute Gasteiger partial charge is 0.306 e. The molecule has 0 N–H and O–H groups in total. The van der Waals surface area contributed by atoms with Gasteiger partial charge in [-0.3, -0.25) is 9.59 Å². The van der Waals surface area contributed by atoms with Gasteiger partial charge in [-0.2, -0.15) is 0 Å². The number of esters is 1. The number of para-hydroxylation sites is 1. The van der Waals surface area contributed by atoms with Crippen molar-refractivity contribution in [1.82, 2.24) is 4.90 Å². The first-order valence-electron chi connectivity index (χ1n) is 8.06. The van der Waals surface area contributed by atoms with Crippen LogP contribution in [0.2, 0.25) is 5.02 Å². The average molecular weight is 337 g/mol. The van der Waals surface area contributed by atoms with Crippen LogP contribution in [0.1, 0.15) is 19.3 Å². The summed E-state index contributed by atoms with van der Waals surface area (Å²) in [6.45, 7) is 3.48. The SMILES string of the molecule is O=C1C[C@H](CC(=O)N2CCCN(c3ccccc3Cl)CC2)CO1. The lowest BCUT2D eigenvalue weighted by Gasteiger charge is -2.25. The lowest BCUT2D eigenvalue weighted by Crippen LogP contribution is -2.36. The van der Waals surface area contributed by atoms with Crippen molar-refractivity contribution in [3.8, 4) is 0 Å². The Morgan fingerprint density at radius 3 is 2.78 bits per heavy atom. The number of carbonyl (C=O) groups is 2. The number of hydrogen-bond acceptors (Lipinski definition) is 4. The Hall–Kier alpha value is -1.75. The number of rotatable bonds is 3. The van der Waals surface area contributed by atoms with E-state index < -0.39 is 0 Å². The fourth-order valence-corrected chi connectivity index (χ4v) is 3.44. The van der Waals surface area contributed by atoms with Crippen molar-refractivity contribution >= 4 is 29.2 Å². The zero-order valence-electron chi connectivity index (χ0n) is 13.0. The van der Waals surface area contributed by atoms with E-state index in [0.29, 0.717) is 26.0 Å². The molecule has 0 bridgehead atoms. The minimum absolute atomic E-state index is 0.0397. The number of halogens is 1. The molecule has 6 heteroatoms. The molecule has 0 aromatic heterocycles. The fraction of sp³-hybridized carbons (Fsp3) is 0.529. The van der Waals surface area contributed by atoms with E-state index in [9.17, 15) is 9.59 Å². The van der Waals surface area contributed by atoms with Crippen molar-refractivity contribution in [2.24, 2.45) is 5.92 Å². The van der Waals surface area contributed by atoms with E-state index in [0.717, 1.165) is 36.8 Å². The molecule has 0 radical (unpaired) electrons. The molecule has 1 aromatic rings. The second-order valence-electron chi connectivity index (χ2n) is 6.13. The van der Waals surface area contributed by atoms with Crippen LogP contribution >= 0.6 is 11.6 Å². The molecule has 0 unspecified atom stereocenters. The summed E-state index contributed by atoms with van der Waals surface area (Å²) in [6, 6.07) is 7.81. The number of ether oxygens (including phenoxy) is 1. The van der Waals surface area contributed by atoms with Crippen LogP contribution in [0.15, 0.2) is 24.3 Å². The van der Waals surface area contributed by atoms with Gasteiger partial charge in [0, 0.05) is 38.5 Å². The molecule has 0 spiro atoms. The molecule has 1 aromatic carbocycles. The van der Waals surface area contributed by atoms with Crippen LogP contribution in [0.3, 0.4) is 0 Å². The number of nitrogens with zero attached hydrogens (tertiary/aromatic N) is 2. The van der Waals surface area contributed by atoms with Crippen LogP contribution < -0.4 is 4.90 Å². The highest BCUT2D eigenvalue weighted by atomic mass is 35.5. The first-order valence-corrected chi connectivity index (χ1v) is 8.44. The van der Waals surface area contributed by atoms with Crippen LogP contribution in [0, 0.1) is 5.92 Å². The van der Waals surface area contributed by atoms with Gasteiger partial charge >= 0.3 is 5.97 Å². The summed E-state index contributed by atoms with van der Waals surface area (Å²) in [4.78, 5) is 27.7. The minimum Gasteiger partial charge on any atom is -0.465 e. The highest BCUT2D eigenvalue weighted by Gasteiger charge is 2.28. The molecule has 3 rings (SSSR count). The van der Waals surface area contributed by atoms with Crippen molar-refractivity contribution in [3.05, 3.63) is 29.3 Å². The van der Waals surface area contributed by atoms with Crippen molar-refractivity contribution in [2.75, 3.05) is 37.7 Å². The molecule has 1 atom stereocenters. The Morgan fingerprint density at radius 2 is 2.04 bits per heavy atom. The summed E-state index contributed by atoms with van der Waals surface area (Å²) >= 11 is 6.27. The summed E-state index contributed by atoms with van der Waals surface area (Å²) in [5, 5.41) is 0.744. The molecule has 5 nitrogen and oxygen atoms in total. The molecule has 1 amide bonds. The number of cyclic esters (lactones) is 1. The van der Waals surface area contributed by atoms with Gasteiger partial charge in [0.05, 0.1) is 23.7 Å². The Balaban J connectivity index is 1.57. The zero-order valence-corrected chi connectivity index (χ0v) is 13.8. The molecule has 124 valence electrons. The van der Waals surface area contributed by atoms with Crippen LogP contribution in [-0.2, 0) is 14.3 Å². The van der Waals surface area contributed by atoms with Crippen LogP contribution in [0.4, 0.5) is 5.69 Å². The lowest BCUT2D eigenvalue weighted by atomic mass is 10.0. The van der Waals surface area contributed by atoms with E-state index >= 15 is 0 Å². The number of benzene rings is 1. The van der Waals surface area contributed by atoms with Crippen molar-refractivity contribution in [1.29, 1.82) is 0 Å². The van der Waals surface area contributed by atoms with Crippen LogP contribution in [0.25, 0.3) is 0 Å². The predicted octanol–water partition coefficient (Wildman–Crippen LogP) is 2.33. The Labute approximate surface area is 141 Å². The second kappa shape index (κ2) is 7.21. The first kappa shape index (κ1) is 16.1. The van der Waals surface area contributed by atoms with Gasteiger partial charge < -0.3 is 14.5 Å². The van der Waals surface area contributed by atoms with Crippen LogP contribution in [-0.4, -0.2) is 49.6 Å². The van der Waals surface area contributed by atoms with Crippen LogP contribution in [0.5, 0.6) is 0 Å². The zero-order chi connectivity index (χ0) is 16.2. The van der Waals surface area contributed by atoms with Gasteiger partial charge in [0.2, 0.25) is 5.91 Å². The average Bonchev–Trinajstić information content (AvgIpc) is 2.80. The van der Waals surface area contributed by atoms with Gasteiger partial charge in [0.1, 0.15) is 0 Å². The maximum atomic E-state index is 12.4. The molecule has 0 saturated carbocycles. The van der Waals surface area contributed by atoms with E-state index in [1.807, 2.05) is 29.2 Å². The maximum absolute atomic E-state index is 12.4. The third-order valence-corrected chi connectivity index (χ3v) is 4.76. The minimum atomic E-state index is -0.191. The van der Waals surface area contributed by atoms with Crippen molar-refractivity contribution < 1.29 is 14.3 Å². The molecule has 2 aliphatic rings. The number of amides is 1. The standard InChI is InChI=1S/C17H21ClN2O3/c18-14-4-1-2-5-15(14)19-6-3-7-20(9-8-19)16(21)10-13-11-17(22)23-12-13/h1-2,4-5,13H,3,6-12H2/t13-/m0/s1. The maximum Gasteiger partial charge on any atom is 0.306 e. The molecular weight excluding hydrogens is 316 g/mol. The van der Waals surface area contributed by atoms with E-state index in [4.69, 9.17) is 16.3 Å². The summed E-state index contributed by atoms with van der Waals surface area (Å²) in [6.07, 6.45) is 1.68. The quantitative estimate of drug-likeness (QED) is 0.795. The highest BCUT2D eigenvalue weighted by Crippen LogP contribution is 2.26. The first-order chi connectivity index (χ1) is 11.1. The number of carbonyl (C=O) groups excluding carboxylic acids is 2. The topological polar surface area (TPSA) is 49.9 Å². The van der Waals surface area contributed by atoms with Gasteiger partial charge in [0.15, 0.2) is 0 Å². The molecule has 2 heterocycles. The second-order valence-corrected chi connectivity index (χ2v) is 6.54. The van der Waals surface area contributed by atoms with Crippen molar-refractivity contribution in [3.63, 3.8) is 0 Å². The largest absolute Gasteiger partial charge is 0.465 e. The highest BCUT2D eigenvalue weighted by molar-refractivity contribution is 6.33. The Bertz CT molecular complexity index is 593. The van der Waals surface area contributed by atoms with E-state index in [-0.39, 0.29) is 17.8 Å². The third-order valence-electron chi connectivity index (χ3n) is 4.44. The van der Waals surface area contributed by atoms with E-state index in [1.165, 1.54) is 0 Å². The van der Waals surface area contributed by atoms with E-state index in [2.05, 4.69) is 4.90 Å². The summed E-state index contributed by atoms with van der Waals surface area (Å²) in [7, 11) is 0. The summed E-state index contributed by atoms with van der Waals surface area (Å²) < 4.78 is 4.93. The number of hydrogen-bond donors (Lipinski definition) is 0. The molecule has 2 aliphatic heterocycles. The molecule has 2 saturated heterocycles. The predicted molar refractivity (Wildman–Crippen MR) is 88.5 cm³/mol. The lowest BCUT2D eigenvalue weighted by molar-refractivity contribution is -0.138. The Morgan fingerprint density at radius 1 is 1.22 bits per heavy atom. The molecule has 23 heavy (non-hydrogen) atoms. The summed E-state index contributed by atoms with van der Waals surface area (Å²) in [5.41, 5.74) is 1.03. The Kier molecular flexibility index (Phi) is 5.06. The number of anilines is 1. The normalized spacial score (nSPS) is 22.0. The van der Waals surface area contributed by atoms with Crippen molar-refractivity contribution in [2.45, 2.75) is 19.3 Å². The molecule has 0 aliphatic carbocycles. The molecule has 2 fully saturated rings. The van der Waals surface area contributed by atoms with Gasteiger partial charge in [-0.1, -0.05) is 23.7 Å². The van der Waals surface area contributed by atoms with Gasteiger partial charge in [-0.15, -0.1) is 0 Å².